The number of hydrogen-bond acceptors (Lipinski definition) is 3. The van der Waals surface area contributed by atoms with Gasteiger partial charge in [0.05, 0.1) is 11.4 Å². The molecule has 3 nitrogen and oxygen atoms in total. The molecule has 0 fully saturated rings. The molecule has 3 heteroatoms. The number of para-hydroxylation sites is 2. The molecule has 0 aliphatic carbocycles. The Hall–Kier alpha value is -1.22. The third kappa shape index (κ3) is 2.95. The van der Waals surface area contributed by atoms with E-state index >= 15 is 0 Å². The average Bonchev–Trinajstić information content (AvgIpc) is 2.09. The highest BCUT2D eigenvalue weighted by Crippen LogP contribution is 2.17. The summed E-state index contributed by atoms with van der Waals surface area (Å²) in [7, 11) is 0. The first-order valence-corrected chi connectivity index (χ1v) is 4.46. The molecule has 0 saturated carbocycles. The van der Waals surface area contributed by atoms with Crippen molar-refractivity contribution in [2.75, 3.05) is 17.7 Å². The van der Waals surface area contributed by atoms with Gasteiger partial charge < -0.3 is 15.8 Å². The summed E-state index contributed by atoms with van der Waals surface area (Å²) in [4.78, 5) is 0. The van der Waals surface area contributed by atoms with Crippen LogP contribution in [-0.4, -0.2) is 12.8 Å². The van der Waals surface area contributed by atoms with Gasteiger partial charge in [0.25, 0.3) is 0 Å². The molecule has 0 radical (unpaired) electrons. The number of benzene rings is 1. The van der Waals surface area contributed by atoms with Crippen molar-refractivity contribution < 1.29 is 4.74 Å². The fourth-order valence-corrected chi connectivity index (χ4v) is 1.14. The van der Waals surface area contributed by atoms with Crippen LogP contribution in [0.1, 0.15) is 13.8 Å². The highest BCUT2D eigenvalue weighted by Gasteiger charge is 2.01. The molecule has 1 unspecified atom stereocenters. The number of nitrogen functional groups attached to an aromatic ring is 1. The highest BCUT2D eigenvalue weighted by molar-refractivity contribution is 5.65. The Morgan fingerprint density at radius 1 is 1.46 bits per heavy atom. The van der Waals surface area contributed by atoms with Gasteiger partial charge in [-0.1, -0.05) is 12.1 Å². The molecule has 3 N–H and O–H groups in total. The van der Waals surface area contributed by atoms with Crippen molar-refractivity contribution >= 4 is 11.4 Å². The zero-order chi connectivity index (χ0) is 9.68. The van der Waals surface area contributed by atoms with E-state index in [4.69, 9.17) is 10.5 Å². The first kappa shape index (κ1) is 9.86. The van der Waals surface area contributed by atoms with Gasteiger partial charge in [-0.25, -0.2) is 0 Å². The number of ether oxygens (including phenoxy) is 1. The van der Waals surface area contributed by atoms with E-state index in [0.29, 0.717) is 6.61 Å². The number of nitrogens with two attached hydrogens (primary N) is 1. The zero-order valence-corrected chi connectivity index (χ0v) is 8.08. The highest BCUT2D eigenvalue weighted by atomic mass is 16.5. The molecule has 0 spiro atoms. The van der Waals surface area contributed by atoms with E-state index in [1.807, 2.05) is 38.1 Å². The van der Waals surface area contributed by atoms with E-state index in [9.17, 15) is 0 Å². The van der Waals surface area contributed by atoms with Crippen LogP contribution in [0, 0.1) is 0 Å². The van der Waals surface area contributed by atoms with E-state index < -0.39 is 0 Å². The normalized spacial score (nSPS) is 12.5. The molecule has 0 aliphatic rings. The fraction of sp³-hybridized carbons (Fsp3) is 0.400. The lowest BCUT2D eigenvalue weighted by Crippen LogP contribution is -2.19. The third-order valence-electron chi connectivity index (χ3n) is 1.74. The second-order valence-electron chi connectivity index (χ2n) is 2.83. The minimum Gasteiger partial charge on any atom is -0.397 e. The summed E-state index contributed by atoms with van der Waals surface area (Å²) in [6, 6.07) is 7.65. The van der Waals surface area contributed by atoms with Gasteiger partial charge in [-0.2, -0.15) is 0 Å². The number of hydrogen-bond donors (Lipinski definition) is 2. The predicted octanol–water partition coefficient (Wildman–Crippen LogP) is 2.06. The van der Waals surface area contributed by atoms with Crippen LogP contribution in [0.25, 0.3) is 0 Å². The molecular formula is C10H16N2O. The van der Waals surface area contributed by atoms with E-state index in [1.54, 1.807) is 0 Å². The smallest absolute Gasteiger partial charge is 0.124 e. The third-order valence-corrected chi connectivity index (χ3v) is 1.74. The average molecular weight is 180 g/mol. The molecule has 1 atom stereocenters. The Morgan fingerprint density at radius 2 is 2.15 bits per heavy atom. The van der Waals surface area contributed by atoms with Crippen molar-refractivity contribution in [3.8, 4) is 0 Å². The molecule has 0 amide bonds. The number of nitrogens with one attached hydrogen (secondary N) is 1. The quantitative estimate of drug-likeness (QED) is 0.550. The molecule has 0 heterocycles. The Morgan fingerprint density at radius 3 is 2.77 bits per heavy atom. The molecule has 1 aromatic rings. The van der Waals surface area contributed by atoms with Crippen molar-refractivity contribution in [3.05, 3.63) is 24.3 Å². The number of anilines is 2. The maximum Gasteiger partial charge on any atom is 0.124 e. The van der Waals surface area contributed by atoms with Gasteiger partial charge in [-0.3, -0.25) is 0 Å². The first-order chi connectivity index (χ1) is 6.24. The van der Waals surface area contributed by atoms with E-state index in [1.165, 1.54) is 0 Å². The maximum atomic E-state index is 5.75. The topological polar surface area (TPSA) is 47.3 Å². The summed E-state index contributed by atoms with van der Waals surface area (Å²) in [6.07, 6.45) is -0.00491. The summed E-state index contributed by atoms with van der Waals surface area (Å²) in [5.41, 5.74) is 7.41. The summed E-state index contributed by atoms with van der Waals surface area (Å²) < 4.78 is 5.33. The fourth-order valence-electron chi connectivity index (χ4n) is 1.14. The second kappa shape index (κ2) is 4.72. The largest absolute Gasteiger partial charge is 0.397 e. The van der Waals surface area contributed by atoms with Crippen LogP contribution in [0.3, 0.4) is 0 Å². The molecule has 0 saturated heterocycles. The van der Waals surface area contributed by atoms with Crippen LogP contribution in [-0.2, 0) is 4.74 Å². The molecule has 1 rings (SSSR count). The Bertz CT molecular complexity index is 263. The number of rotatable bonds is 4. The summed E-state index contributed by atoms with van der Waals surface area (Å²) in [5, 5.41) is 3.16. The maximum absolute atomic E-state index is 5.75. The molecular weight excluding hydrogens is 164 g/mol. The van der Waals surface area contributed by atoms with Crippen molar-refractivity contribution in [2.24, 2.45) is 0 Å². The van der Waals surface area contributed by atoms with Gasteiger partial charge in [0.15, 0.2) is 0 Å². The van der Waals surface area contributed by atoms with Crippen LogP contribution < -0.4 is 11.1 Å². The Labute approximate surface area is 78.9 Å². The molecule has 0 aliphatic heterocycles. The lowest BCUT2D eigenvalue weighted by Gasteiger charge is -2.16. The van der Waals surface area contributed by atoms with Crippen molar-refractivity contribution in [1.82, 2.24) is 0 Å². The lowest BCUT2D eigenvalue weighted by molar-refractivity contribution is 0.0961. The summed E-state index contributed by atoms with van der Waals surface area (Å²) in [5.74, 6) is 0. The SMILES string of the molecule is CCOC(C)Nc1ccccc1N. The van der Waals surface area contributed by atoms with Crippen LogP contribution >= 0.6 is 0 Å². The molecule has 72 valence electrons. The van der Waals surface area contributed by atoms with Gasteiger partial charge in [0.1, 0.15) is 6.23 Å². The molecule has 13 heavy (non-hydrogen) atoms. The van der Waals surface area contributed by atoms with Crippen LogP contribution in [0.5, 0.6) is 0 Å². The van der Waals surface area contributed by atoms with Gasteiger partial charge in [0, 0.05) is 6.61 Å². The molecule has 1 aromatic carbocycles. The second-order valence-corrected chi connectivity index (χ2v) is 2.83. The minimum atomic E-state index is -0.00491. The van der Waals surface area contributed by atoms with E-state index in [2.05, 4.69) is 5.32 Å². The molecule has 0 bridgehead atoms. The van der Waals surface area contributed by atoms with Gasteiger partial charge >= 0.3 is 0 Å². The Kier molecular flexibility index (Phi) is 3.58. The zero-order valence-electron chi connectivity index (χ0n) is 8.08. The predicted molar refractivity (Wildman–Crippen MR) is 55.6 cm³/mol. The first-order valence-electron chi connectivity index (χ1n) is 4.46. The lowest BCUT2D eigenvalue weighted by atomic mass is 10.2. The summed E-state index contributed by atoms with van der Waals surface area (Å²) in [6.45, 7) is 4.61. The van der Waals surface area contributed by atoms with Crippen LogP contribution in [0.15, 0.2) is 24.3 Å². The van der Waals surface area contributed by atoms with Crippen LogP contribution in [0.4, 0.5) is 11.4 Å². The Balaban J connectivity index is 2.58. The monoisotopic (exact) mass is 180 g/mol. The van der Waals surface area contributed by atoms with Crippen LogP contribution in [0.2, 0.25) is 0 Å². The van der Waals surface area contributed by atoms with E-state index in [-0.39, 0.29) is 6.23 Å². The van der Waals surface area contributed by atoms with Gasteiger partial charge in [-0.05, 0) is 26.0 Å². The van der Waals surface area contributed by atoms with Gasteiger partial charge in [0.2, 0.25) is 0 Å². The van der Waals surface area contributed by atoms with Crippen molar-refractivity contribution in [2.45, 2.75) is 20.1 Å². The standard InChI is InChI=1S/C10H16N2O/c1-3-13-8(2)12-10-7-5-4-6-9(10)11/h4-8,12H,3,11H2,1-2H3. The van der Waals surface area contributed by atoms with E-state index in [0.717, 1.165) is 11.4 Å². The van der Waals surface area contributed by atoms with Crippen molar-refractivity contribution in [3.63, 3.8) is 0 Å². The van der Waals surface area contributed by atoms with Crippen molar-refractivity contribution in [1.29, 1.82) is 0 Å². The minimum absolute atomic E-state index is 0.00491. The summed E-state index contributed by atoms with van der Waals surface area (Å²) >= 11 is 0. The van der Waals surface area contributed by atoms with Gasteiger partial charge in [-0.15, -0.1) is 0 Å². The molecule has 0 aromatic heterocycles.